The molecule has 1 aromatic rings. The van der Waals surface area contributed by atoms with Crippen LogP contribution in [0.4, 0.5) is 0 Å². The summed E-state index contributed by atoms with van der Waals surface area (Å²) in [6.07, 6.45) is 6.95. The quantitative estimate of drug-likeness (QED) is 0.452. The molecule has 0 bridgehead atoms. The van der Waals surface area contributed by atoms with Crippen LogP contribution >= 0.6 is 0 Å². The lowest BCUT2D eigenvalue weighted by Gasteiger charge is -2.13. The van der Waals surface area contributed by atoms with Crippen LogP contribution in [0.5, 0.6) is 5.75 Å². The largest absolute Gasteiger partial charge is 0.494 e. The standard InChI is InChI=1S/C20H30O3/c1-4-5-6-7-12-23-18-10-8-16(9-11-18)15(2)13-17-14-19(17)20(21)22-3/h8-11,15,17,19H,4-7,12-14H2,1-3H3. The Morgan fingerprint density at radius 2 is 1.96 bits per heavy atom. The van der Waals surface area contributed by atoms with Crippen molar-refractivity contribution in [1.29, 1.82) is 0 Å². The molecule has 23 heavy (non-hydrogen) atoms. The number of carbonyl (C=O) groups is 1. The molecule has 0 N–H and O–H groups in total. The van der Waals surface area contributed by atoms with Crippen molar-refractivity contribution in [2.24, 2.45) is 11.8 Å². The molecule has 1 fully saturated rings. The molecule has 3 heteroatoms. The number of unbranched alkanes of at least 4 members (excludes halogenated alkanes) is 3. The second-order valence-corrected chi connectivity index (χ2v) is 6.74. The molecule has 128 valence electrons. The smallest absolute Gasteiger partial charge is 0.308 e. The van der Waals surface area contributed by atoms with E-state index >= 15 is 0 Å². The van der Waals surface area contributed by atoms with Crippen LogP contribution in [0.1, 0.15) is 63.9 Å². The fourth-order valence-corrected chi connectivity index (χ4v) is 3.15. The number of hydrogen-bond acceptors (Lipinski definition) is 3. The molecule has 1 aliphatic carbocycles. The van der Waals surface area contributed by atoms with E-state index in [4.69, 9.17) is 9.47 Å². The van der Waals surface area contributed by atoms with E-state index in [0.717, 1.165) is 31.6 Å². The molecule has 0 radical (unpaired) electrons. The van der Waals surface area contributed by atoms with Gasteiger partial charge in [0.25, 0.3) is 0 Å². The van der Waals surface area contributed by atoms with E-state index in [9.17, 15) is 4.79 Å². The summed E-state index contributed by atoms with van der Waals surface area (Å²) in [5.74, 6) is 2.00. The summed E-state index contributed by atoms with van der Waals surface area (Å²) >= 11 is 0. The van der Waals surface area contributed by atoms with Gasteiger partial charge in [0.1, 0.15) is 5.75 Å². The van der Waals surface area contributed by atoms with Gasteiger partial charge in [-0.25, -0.2) is 0 Å². The summed E-state index contributed by atoms with van der Waals surface area (Å²) < 4.78 is 10.6. The van der Waals surface area contributed by atoms with E-state index < -0.39 is 0 Å². The molecule has 3 unspecified atom stereocenters. The first kappa shape index (κ1) is 17.8. The molecule has 0 spiro atoms. The van der Waals surface area contributed by atoms with Gasteiger partial charge in [-0.2, -0.15) is 0 Å². The van der Waals surface area contributed by atoms with E-state index in [1.54, 1.807) is 0 Å². The maximum absolute atomic E-state index is 11.5. The lowest BCUT2D eigenvalue weighted by Crippen LogP contribution is -2.05. The van der Waals surface area contributed by atoms with Crippen molar-refractivity contribution >= 4 is 5.97 Å². The second kappa shape index (κ2) is 8.95. The van der Waals surface area contributed by atoms with Crippen molar-refractivity contribution in [3.8, 4) is 5.75 Å². The van der Waals surface area contributed by atoms with Crippen LogP contribution in [0.2, 0.25) is 0 Å². The van der Waals surface area contributed by atoms with Gasteiger partial charge in [-0.1, -0.05) is 45.2 Å². The van der Waals surface area contributed by atoms with Crippen LogP contribution in [-0.2, 0) is 9.53 Å². The molecule has 0 aliphatic heterocycles. The van der Waals surface area contributed by atoms with Gasteiger partial charge in [0.2, 0.25) is 0 Å². The van der Waals surface area contributed by atoms with Crippen LogP contribution in [-0.4, -0.2) is 19.7 Å². The summed E-state index contributed by atoms with van der Waals surface area (Å²) in [5, 5.41) is 0. The third kappa shape index (κ3) is 5.56. The average molecular weight is 318 g/mol. The van der Waals surface area contributed by atoms with Crippen molar-refractivity contribution in [2.75, 3.05) is 13.7 Å². The van der Waals surface area contributed by atoms with Gasteiger partial charge in [0.15, 0.2) is 0 Å². The molecule has 3 atom stereocenters. The van der Waals surface area contributed by atoms with Crippen LogP contribution < -0.4 is 4.74 Å². The Hall–Kier alpha value is -1.51. The van der Waals surface area contributed by atoms with E-state index in [-0.39, 0.29) is 11.9 Å². The zero-order valence-electron chi connectivity index (χ0n) is 14.7. The fourth-order valence-electron chi connectivity index (χ4n) is 3.15. The number of hydrogen-bond donors (Lipinski definition) is 0. The topological polar surface area (TPSA) is 35.5 Å². The highest BCUT2D eigenvalue weighted by molar-refractivity contribution is 5.75. The van der Waals surface area contributed by atoms with Gasteiger partial charge in [0.05, 0.1) is 19.6 Å². The molecule has 0 amide bonds. The molecule has 0 saturated heterocycles. The van der Waals surface area contributed by atoms with Gasteiger partial charge in [-0.15, -0.1) is 0 Å². The molecule has 3 nitrogen and oxygen atoms in total. The highest BCUT2D eigenvalue weighted by Crippen LogP contribution is 2.45. The van der Waals surface area contributed by atoms with E-state index in [2.05, 4.69) is 38.1 Å². The third-order valence-corrected chi connectivity index (χ3v) is 4.80. The van der Waals surface area contributed by atoms with Crippen molar-refractivity contribution in [2.45, 2.75) is 58.3 Å². The predicted octanol–water partition coefficient (Wildman–Crippen LogP) is 4.95. The van der Waals surface area contributed by atoms with E-state index in [1.807, 2.05) is 0 Å². The number of rotatable bonds is 10. The van der Waals surface area contributed by atoms with Gasteiger partial charge in [-0.05, 0) is 48.8 Å². The Morgan fingerprint density at radius 1 is 1.22 bits per heavy atom. The molecule has 1 saturated carbocycles. The highest BCUT2D eigenvalue weighted by atomic mass is 16.5. The van der Waals surface area contributed by atoms with Crippen LogP contribution in [0, 0.1) is 11.8 Å². The number of methoxy groups -OCH3 is 1. The zero-order valence-corrected chi connectivity index (χ0v) is 14.7. The summed E-state index contributed by atoms with van der Waals surface area (Å²) in [5.41, 5.74) is 1.32. The van der Waals surface area contributed by atoms with Crippen LogP contribution in [0.25, 0.3) is 0 Å². The van der Waals surface area contributed by atoms with E-state index in [0.29, 0.717) is 11.8 Å². The minimum atomic E-state index is -0.0472. The van der Waals surface area contributed by atoms with Crippen LogP contribution in [0.15, 0.2) is 24.3 Å². The third-order valence-electron chi connectivity index (χ3n) is 4.80. The second-order valence-electron chi connectivity index (χ2n) is 6.74. The lowest BCUT2D eigenvalue weighted by molar-refractivity contribution is -0.142. The molecule has 1 aromatic carbocycles. The van der Waals surface area contributed by atoms with Gasteiger partial charge in [-0.3, -0.25) is 4.79 Å². The first-order valence-electron chi connectivity index (χ1n) is 8.96. The number of esters is 1. The predicted molar refractivity (Wildman–Crippen MR) is 92.7 cm³/mol. The fraction of sp³-hybridized carbons (Fsp3) is 0.650. The Labute approximate surface area is 140 Å². The van der Waals surface area contributed by atoms with Crippen molar-refractivity contribution in [1.82, 2.24) is 0 Å². The number of carbonyl (C=O) groups excluding carboxylic acids is 1. The Kier molecular flexibility index (Phi) is 6.94. The molecule has 0 heterocycles. The SMILES string of the molecule is CCCCCCOc1ccc(C(C)CC2CC2C(=O)OC)cc1. The molecule has 0 aromatic heterocycles. The number of ether oxygens (including phenoxy) is 2. The van der Waals surface area contributed by atoms with Crippen molar-refractivity contribution in [3.63, 3.8) is 0 Å². The van der Waals surface area contributed by atoms with Gasteiger partial charge >= 0.3 is 5.97 Å². The molecular weight excluding hydrogens is 288 g/mol. The normalized spacial score (nSPS) is 20.8. The molecular formula is C20H30O3. The van der Waals surface area contributed by atoms with Gasteiger partial charge in [0, 0.05) is 0 Å². The molecule has 1 aliphatic rings. The lowest BCUT2D eigenvalue weighted by atomic mass is 9.95. The zero-order chi connectivity index (χ0) is 16.7. The van der Waals surface area contributed by atoms with E-state index in [1.165, 1.54) is 31.9 Å². The minimum absolute atomic E-state index is 0.0472. The monoisotopic (exact) mass is 318 g/mol. The molecule has 2 rings (SSSR count). The Bertz CT molecular complexity index is 480. The first-order valence-corrected chi connectivity index (χ1v) is 8.96. The summed E-state index contributed by atoms with van der Waals surface area (Å²) in [6, 6.07) is 8.44. The van der Waals surface area contributed by atoms with Crippen molar-refractivity contribution < 1.29 is 14.3 Å². The Balaban J connectivity index is 1.72. The van der Waals surface area contributed by atoms with Crippen LogP contribution in [0.3, 0.4) is 0 Å². The number of benzene rings is 1. The maximum atomic E-state index is 11.5. The summed E-state index contributed by atoms with van der Waals surface area (Å²) in [4.78, 5) is 11.5. The maximum Gasteiger partial charge on any atom is 0.308 e. The highest BCUT2D eigenvalue weighted by Gasteiger charge is 2.44. The van der Waals surface area contributed by atoms with Crippen molar-refractivity contribution in [3.05, 3.63) is 29.8 Å². The summed E-state index contributed by atoms with van der Waals surface area (Å²) in [7, 11) is 1.47. The average Bonchev–Trinajstić information content (AvgIpc) is 3.33. The summed E-state index contributed by atoms with van der Waals surface area (Å²) in [6.45, 7) is 5.25. The first-order chi connectivity index (χ1) is 11.2. The minimum Gasteiger partial charge on any atom is -0.494 e. The Morgan fingerprint density at radius 3 is 2.61 bits per heavy atom. The van der Waals surface area contributed by atoms with Gasteiger partial charge < -0.3 is 9.47 Å².